The lowest BCUT2D eigenvalue weighted by molar-refractivity contribution is 0.0301. The van der Waals surface area contributed by atoms with Crippen LogP contribution in [0.4, 0.5) is 0 Å². The minimum Gasteiger partial charge on any atom is -0.300 e. The van der Waals surface area contributed by atoms with Crippen molar-refractivity contribution in [2.75, 3.05) is 13.1 Å². The number of hydrogen-bond donors (Lipinski definition) is 0. The Labute approximate surface area is 162 Å². The maximum atomic E-state index is 4.88. The SMILES string of the molecule is C=C(C)C1CCN(CCC(C)c2nc3ccccc3s2)C2CCCCC12. The van der Waals surface area contributed by atoms with Crippen molar-refractivity contribution in [3.05, 3.63) is 41.4 Å². The highest BCUT2D eigenvalue weighted by molar-refractivity contribution is 7.18. The van der Waals surface area contributed by atoms with Gasteiger partial charge in [0, 0.05) is 12.0 Å². The molecule has 0 N–H and O–H groups in total. The molecule has 4 unspecified atom stereocenters. The summed E-state index contributed by atoms with van der Waals surface area (Å²) in [5.74, 6) is 2.17. The highest BCUT2D eigenvalue weighted by Crippen LogP contribution is 2.42. The zero-order valence-electron chi connectivity index (χ0n) is 16.3. The molecule has 2 heterocycles. The van der Waals surface area contributed by atoms with E-state index in [9.17, 15) is 0 Å². The van der Waals surface area contributed by atoms with Crippen molar-refractivity contribution in [1.29, 1.82) is 0 Å². The molecular formula is C23H32N2S. The van der Waals surface area contributed by atoms with Crippen LogP contribution in [0.5, 0.6) is 0 Å². The molecule has 0 spiro atoms. The smallest absolute Gasteiger partial charge is 0.0967 e. The number of rotatable bonds is 5. The van der Waals surface area contributed by atoms with Gasteiger partial charge in [-0.15, -0.1) is 11.3 Å². The van der Waals surface area contributed by atoms with E-state index in [1.165, 1.54) is 66.9 Å². The molecule has 2 fully saturated rings. The number of allylic oxidation sites excluding steroid dienone is 1. The van der Waals surface area contributed by atoms with Crippen LogP contribution in [0.15, 0.2) is 36.4 Å². The number of para-hydroxylation sites is 1. The van der Waals surface area contributed by atoms with Crippen LogP contribution in [0, 0.1) is 11.8 Å². The van der Waals surface area contributed by atoms with Gasteiger partial charge in [-0.25, -0.2) is 4.98 Å². The van der Waals surface area contributed by atoms with E-state index in [2.05, 4.69) is 49.6 Å². The van der Waals surface area contributed by atoms with Gasteiger partial charge in [0.05, 0.1) is 15.2 Å². The Morgan fingerprint density at radius 3 is 2.88 bits per heavy atom. The molecule has 4 rings (SSSR count). The molecule has 1 aromatic heterocycles. The lowest BCUT2D eigenvalue weighted by Crippen LogP contribution is -2.51. The van der Waals surface area contributed by atoms with Gasteiger partial charge < -0.3 is 4.90 Å². The van der Waals surface area contributed by atoms with E-state index in [1.54, 1.807) is 0 Å². The van der Waals surface area contributed by atoms with E-state index < -0.39 is 0 Å². The molecule has 1 aliphatic carbocycles. The molecule has 0 radical (unpaired) electrons. The van der Waals surface area contributed by atoms with Gasteiger partial charge in [0.15, 0.2) is 0 Å². The monoisotopic (exact) mass is 368 g/mol. The summed E-state index contributed by atoms with van der Waals surface area (Å²) in [6, 6.07) is 9.33. The summed E-state index contributed by atoms with van der Waals surface area (Å²) in [7, 11) is 0. The van der Waals surface area contributed by atoms with Crippen molar-refractivity contribution in [3.63, 3.8) is 0 Å². The number of likely N-dealkylation sites (tertiary alicyclic amines) is 1. The average Bonchev–Trinajstić information content (AvgIpc) is 3.10. The fraction of sp³-hybridized carbons (Fsp3) is 0.609. The topological polar surface area (TPSA) is 16.1 Å². The minimum absolute atomic E-state index is 0.549. The summed E-state index contributed by atoms with van der Waals surface area (Å²) in [6.07, 6.45) is 8.16. The van der Waals surface area contributed by atoms with Crippen molar-refractivity contribution in [2.24, 2.45) is 11.8 Å². The first kappa shape index (κ1) is 18.2. The molecule has 2 aliphatic rings. The Morgan fingerprint density at radius 2 is 2.08 bits per heavy atom. The third kappa shape index (κ3) is 3.61. The predicted octanol–water partition coefficient (Wildman–Crippen LogP) is 6.25. The second-order valence-corrected chi connectivity index (χ2v) is 9.56. The molecule has 26 heavy (non-hydrogen) atoms. The van der Waals surface area contributed by atoms with Crippen LogP contribution in [-0.4, -0.2) is 29.0 Å². The number of nitrogens with zero attached hydrogens (tertiary/aromatic N) is 2. The van der Waals surface area contributed by atoms with Gasteiger partial charge in [-0.05, 0) is 69.7 Å². The number of piperidine rings is 1. The summed E-state index contributed by atoms with van der Waals surface area (Å²) in [4.78, 5) is 7.69. The molecule has 1 saturated carbocycles. The van der Waals surface area contributed by atoms with Crippen molar-refractivity contribution in [2.45, 2.75) is 64.3 Å². The van der Waals surface area contributed by atoms with Gasteiger partial charge >= 0.3 is 0 Å². The molecule has 3 heteroatoms. The molecule has 0 amide bonds. The van der Waals surface area contributed by atoms with Crippen LogP contribution in [0.25, 0.3) is 10.2 Å². The van der Waals surface area contributed by atoms with E-state index in [0.29, 0.717) is 5.92 Å². The van der Waals surface area contributed by atoms with Gasteiger partial charge in [0.2, 0.25) is 0 Å². The van der Waals surface area contributed by atoms with Gasteiger partial charge in [0.1, 0.15) is 0 Å². The van der Waals surface area contributed by atoms with Crippen LogP contribution in [0.1, 0.15) is 63.3 Å². The maximum Gasteiger partial charge on any atom is 0.0967 e. The first-order valence-corrected chi connectivity index (χ1v) is 11.2. The average molecular weight is 369 g/mol. The van der Waals surface area contributed by atoms with Crippen molar-refractivity contribution in [3.8, 4) is 0 Å². The summed E-state index contributed by atoms with van der Waals surface area (Å²) in [6.45, 7) is 11.4. The number of thiazole rings is 1. The zero-order chi connectivity index (χ0) is 18.1. The zero-order valence-corrected chi connectivity index (χ0v) is 17.1. The summed E-state index contributed by atoms with van der Waals surface area (Å²) >= 11 is 1.88. The second kappa shape index (κ2) is 7.82. The van der Waals surface area contributed by atoms with Gasteiger partial charge in [-0.1, -0.05) is 44.1 Å². The van der Waals surface area contributed by atoms with Crippen molar-refractivity contribution < 1.29 is 0 Å². The van der Waals surface area contributed by atoms with E-state index in [4.69, 9.17) is 4.98 Å². The van der Waals surface area contributed by atoms with Crippen LogP contribution in [0.2, 0.25) is 0 Å². The Bertz CT molecular complexity index is 731. The van der Waals surface area contributed by atoms with Crippen molar-refractivity contribution >= 4 is 21.6 Å². The van der Waals surface area contributed by atoms with Crippen molar-refractivity contribution in [1.82, 2.24) is 9.88 Å². The molecule has 2 nitrogen and oxygen atoms in total. The van der Waals surface area contributed by atoms with Crippen LogP contribution < -0.4 is 0 Å². The lowest BCUT2D eigenvalue weighted by Gasteiger charge is -2.48. The predicted molar refractivity (Wildman–Crippen MR) is 113 cm³/mol. The number of benzene rings is 1. The maximum absolute atomic E-state index is 4.88. The minimum atomic E-state index is 0.549. The lowest BCUT2D eigenvalue weighted by atomic mass is 9.69. The number of hydrogen-bond acceptors (Lipinski definition) is 3. The van der Waals surface area contributed by atoms with Gasteiger partial charge in [0.25, 0.3) is 0 Å². The summed E-state index contributed by atoms with van der Waals surface area (Å²) in [5.41, 5.74) is 2.58. The molecular weight excluding hydrogens is 336 g/mol. The Hall–Kier alpha value is -1.19. The second-order valence-electron chi connectivity index (χ2n) is 8.50. The Morgan fingerprint density at radius 1 is 1.27 bits per heavy atom. The van der Waals surface area contributed by atoms with Crippen LogP contribution in [0.3, 0.4) is 0 Å². The number of aromatic nitrogens is 1. The highest BCUT2D eigenvalue weighted by Gasteiger charge is 2.39. The number of fused-ring (bicyclic) bond motifs is 2. The van der Waals surface area contributed by atoms with E-state index in [-0.39, 0.29) is 0 Å². The Kier molecular flexibility index (Phi) is 5.47. The van der Waals surface area contributed by atoms with Gasteiger partial charge in [-0.3, -0.25) is 0 Å². The third-order valence-corrected chi connectivity index (χ3v) is 7.98. The normalized spacial score (nSPS) is 28.0. The van der Waals surface area contributed by atoms with Crippen LogP contribution in [-0.2, 0) is 0 Å². The van der Waals surface area contributed by atoms with Crippen LogP contribution >= 0.6 is 11.3 Å². The standard InChI is InChI=1S/C23H32N2S/c1-16(2)18-13-15-25(21-10-6-4-8-19(18)21)14-12-17(3)23-24-20-9-5-7-11-22(20)26-23/h5,7,9,11,17-19,21H,1,4,6,8,10,12-15H2,2-3H3. The quantitative estimate of drug-likeness (QED) is 0.580. The molecule has 0 bridgehead atoms. The van der Waals surface area contributed by atoms with E-state index in [0.717, 1.165) is 23.4 Å². The molecule has 1 aromatic carbocycles. The molecule has 4 atom stereocenters. The summed E-state index contributed by atoms with van der Waals surface area (Å²) < 4.78 is 1.32. The molecule has 1 saturated heterocycles. The van der Waals surface area contributed by atoms with E-state index in [1.807, 2.05) is 11.3 Å². The summed E-state index contributed by atoms with van der Waals surface area (Å²) in [5, 5.41) is 1.31. The first-order chi connectivity index (χ1) is 12.6. The fourth-order valence-electron chi connectivity index (χ4n) is 5.22. The Balaban J connectivity index is 1.41. The third-order valence-electron chi connectivity index (χ3n) is 6.71. The van der Waals surface area contributed by atoms with E-state index >= 15 is 0 Å². The molecule has 140 valence electrons. The fourth-order valence-corrected chi connectivity index (χ4v) is 6.27. The van der Waals surface area contributed by atoms with Gasteiger partial charge in [-0.2, -0.15) is 0 Å². The highest BCUT2D eigenvalue weighted by atomic mass is 32.1. The first-order valence-electron chi connectivity index (χ1n) is 10.4. The molecule has 1 aliphatic heterocycles. The largest absolute Gasteiger partial charge is 0.300 e. The molecule has 2 aromatic rings.